The third-order valence-corrected chi connectivity index (χ3v) is 6.84. The van der Waals surface area contributed by atoms with E-state index in [1.54, 1.807) is 18.7 Å². The molecule has 0 bridgehead atoms. The SMILES string of the molecule is CCCN(CC1CC1)C(=O)c1cc(S(=O)(=O)N(CC)CC)ccc1Cl. The molecule has 25 heavy (non-hydrogen) atoms. The first-order valence-electron chi connectivity index (χ1n) is 8.94. The lowest BCUT2D eigenvalue weighted by Gasteiger charge is -2.23. The summed E-state index contributed by atoms with van der Waals surface area (Å²) in [6.07, 6.45) is 3.16. The first-order chi connectivity index (χ1) is 11.8. The van der Waals surface area contributed by atoms with Crippen LogP contribution in [0.3, 0.4) is 0 Å². The van der Waals surface area contributed by atoms with Crippen molar-refractivity contribution < 1.29 is 13.2 Å². The zero-order valence-corrected chi connectivity index (χ0v) is 16.7. The van der Waals surface area contributed by atoms with Crippen molar-refractivity contribution in [3.05, 3.63) is 28.8 Å². The van der Waals surface area contributed by atoms with Crippen LogP contribution in [0.5, 0.6) is 0 Å². The Bertz CT molecular complexity index is 713. The summed E-state index contributed by atoms with van der Waals surface area (Å²) < 4.78 is 26.8. The lowest BCUT2D eigenvalue weighted by Crippen LogP contribution is -2.34. The standard InChI is InChI=1S/C18H27ClN2O3S/c1-4-11-20(13-14-7-8-14)18(22)16-12-15(9-10-17(16)19)25(23,24)21(5-2)6-3/h9-10,12,14H,4-8,11,13H2,1-3H3. The molecule has 1 fully saturated rings. The average Bonchev–Trinajstić information content (AvgIpc) is 3.39. The average molecular weight is 387 g/mol. The summed E-state index contributed by atoms with van der Waals surface area (Å²) in [5, 5.41) is 0.292. The van der Waals surface area contributed by atoms with Crippen molar-refractivity contribution in [3.8, 4) is 0 Å². The quantitative estimate of drug-likeness (QED) is 0.651. The topological polar surface area (TPSA) is 57.7 Å². The van der Waals surface area contributed by atoms with E-state index >= 15 is 0 Å². The summed E-state index contributed by atoms with van der Waals surface area (Å²) in [6, 6.07) is 4.40. The Morgan fingerprint density at radius 3 is 2.36 bits per heavy atom. The van der Waals surface area contributed by atoms with E-state index in [0.29, 0.717) is 30.6 Å². The highest BCUT2D eigenvalue weighted by Crippen LogP contribution is 2.31. The molecule has 140 valence electrons. The monoisotopic (exact) mass is 386 g/mol. The lowest BCUT2D eigenvalue weighted by molar-refractivity contribution is 0.0747. The van der Waals surface area contributed by atoms with Crippen molar-refractivity contribution in [3.63, 3.8) is 0 Å². The van der Waals surface area contributed by atoms with Gasteiger partial charge in [0.25, 0.3) is 5.91 Å². The fourth-order valence-corrected chi connectivity index (χ4v) is 4.55. The summed E-state index contributed by atoms with van der Waals surface area (Å²) >= 11 is 6.23. The smallest absolute Gasteiger partial charge is 0.255 e. The minimum atomic E-state index is -3.62. The van der Waals surface area contributed by atoms with Gasteiger partial charge in [-0.1, -0.05) is 32.4 Å². The second-order valence-corrected chi connectivity index (χ2v) is 8.77. The van der Waals surface area contributed by atoms with E-state index in [9.17, 15) is 13.2 Å². The molecule has 0 aromatic heterocycles. The van der Waals surface area contributed by atoms with Crippen molar-refractivity contribution in [2.75, 3.05) is 26.2 Å². The first-order valence-corrected chi connectivity index (χ1v) is 10.8. The minimum absolute atomic E-state index is 0.117. The summed E-state index contributed by atoms with van der Waals surface area (Å²) in [6.45, 7) is 7.75. The molecule has 1 aliphatic carbocycles. The summed E-state index contributed by atoms with van der Waals surface area (Å²) in [5.41, 5.74) is 0.268. The van der Waals surface area contributed by atoms with Gasteiger partial charge in [-0.05, 0) is 43.4 Å². The largest absolute Gasteiger partial charge is 0.338 e. The van der Waals surface area contributed by atoms with Crippen molar-refractivity contribution in [2.45, 2.75) is 44.9 Å². The molecular formula is C18H27ClN2O3S. The van der Waals surface area contributed by atoms with Crippen LogP contribution in [0.1, 0.15) is 50.4 Å². The molecule has 1 amide bonds. The molecular weight excluding hydrogens is 360 g/mol. The van der Waals surface area contributed by atoms with Gasteiger partial charge in [0.15, 0.2) is 0 Å². The van der Waals surface area contributed by atoms with Crippen LogP contribution < -0.4 is 0 Å². The maximum atomic E-state index is 12.9. The normalized spacial score (nSPS) is 14.8. The third-order valence-electron chi connectivity index (χ3n) is 4.47. The van der Waals surface area contributed by atoms with Crippen LogP contribution in [-0.4, -0.2) is 49.7 Å². The molecule has 7 heteroatoms. The fourth-order valence-electron chi connectivity index (χ4n) is 2.87. The van der Waals surface area contributed by atoms with Gasteiger partial charge in [0.05, 0.1) is 15.5 Å². The summed E-state index contributed by atoms with van der Waals surface area (Å²) in [7, 11) is -3.62. The second kappa shape index (κ2) is 8.52. The van der Waals surface area contributed by atoms with Crippen LogP contribution in [-0.2, 0) is 10.0 Å². The van der Waals surface area contributed by atoms with Gasteiger partial charge >= 0.3 is 0 Å². The predicted octanol–water partition coefficient (Wildman–Crippen LogP) is 3.63. The fraction of sp³-hybridized carbons (Fsp3) is 0.611. The van der Waals surface area contributed by atoms with E-state index in [-0.39, 0.29) is 16.4 Å². The Labute approximate surface area is 156 Å². The van der Waals surface area contributed by atoms with Crippen LogP contribution in [0.2, 0.25) is 5.02 Å². The summed E-state index contributed by atoms with van der Waals surface area (Å²) in [4.78, 5) is 14.9. The van der Waals surface area contributed by atoms with E-state index < -0.39 is 10.0 Å². The van der Waals surface area contributed by atoms with Crippen LogP contribution in [0.15, 0.2) is 23.1 Å². The second-order valence-electron chi connectivity index (χ2n) is 6.43. The highest BCUT2D eigenvalue weighted by atomic mass is 35.5. The molecule has 1 aromatic rings. The Morgan fingerprint density at radius 2 is 1.84 bits per heavy atom. The Hall–Kier alpha value is -1.11. The number of benzene rings is 1. The van der Waals surface area contributed by atoms with Crippen LogP contribution in [0.4, 0.5) is 0 Å². The van der Waals surface area contributed by atoms with Gasteiger partial charge in [-0.2, -0.15) is 4.31 Å². The molecule has 1 aromatic carbocycles. The molecule has 0 spiro atoms. The highest BCUT2D eigenvalue weighted by molar-refractivity contribution is 7.89. The minimum Gasteiger partial charge on any atom is -0.338 e. The number of amides is 1. The van der Waals surface area contributed by atoms with Crippen LogP contribution >= 0.6 is 11.6 Å². The van der Waals surface area contributed by atoms with Gasteiger partial charge in [-0.3, -0.25) is 4.79 Å². The van der Waals surface area contributed by atoms with Crippen molar-refractivity contribution >= 4 is 27.5 Å². The van der Waals surface area contributed by atoms with Gasteiger partial charge in [0.1, 0.15) is 0 Å². The number of hydrogen-bond acceptors (Lipinski definition) is 3. The number of halogens is 1. The summed E-state index contributed by atoms with van der Waals surface area (Å²) in [5.74, 6) is 0.382. The van der Waals surface area contributed by atoms with Crippen molar-refractivity contribution in [1.29, 1.82) is 0 Å². The maximum Gasteiger partial charge on any atom is 0.255 e. The first kappa shape index (κ1) is 20.2. The highest BCUT2D eigenvalue weighted by Gasteiger charge is 2.29. The van der Waals surface area contributed by atoms with Gasteiger partial charge in [-0.25, -0.2) is 8.42 Å². The molecule has 0 heterocycles. The number of nitrogens with zero attached hydrogens (tertiary/aromatic N) is 2. The molecule has 1 aliphatic rings. The molecule has 2 rings (SSSR count). The van der Waals surface area contributed by atoms with Crippen LogP contribution in [0.25, 0.3) is 0 Å². The Kier molecular flexibility index (Phi) is 6.88. The lowest BCUT2D eigenvalue weighted by atomic mass is 10.2. The number of carbonyl (C=O) groups is 1. The number of rotatable bonds is 9. The third kappa shape index (κ3) is 4.74. The van der Waals surface area contributed by atoms with Gasteiger partial charge < -0.3 is 4.90 Å². The molecule has 0 N–H and O–H groups in total. The van der Waals surface area contributed by atoms with Gasteiger partial charge in [-0.15, -0.1) is 0 Å². The van der Waals surface area contributed by atoms with E-state index in [0.717, 1.165) is 25.8 Å². The Balaban J connectivity index is 2.35. The van der Waals surface area contributed by atoms with Crippen molar-refractivity contribution in [2.24, 2.45) is 5.92 Å². The zero-order chi connectivity index (χ0) is 18.6. The van der Waals surface area contributed by atoms with Gasteiger partial charge in [0.2, 0.25) is 10.0 Å². The number of carbonyl (C=O) groups excluding carboxylic acids is 1. The molecule has 1 saturated carbocycles. The van der Waals surface area contributed by atoms with Gasteiger partial charge in [0, 0.05) is 26.2 Å². The van der Waals surface area contributed by atoms with E-state index in [4.69, 9.17) is 11.6 Å². The molecule has 0 radical (unpaired) electrons. The zero-order valence-electron chi connectivity index (χ0n) is 15.2. The number of sulfonamides is 1. The Morgan fingerprint density at radius 1 is 1.20 bits per heavy atom. The van der Waals surface area contributed by atoms with E-state index in [1.807, 2.05) is 6.92 Å². The van der Waals surface area contributed by atoms with Crippen molar-refractivity contribution in [1.82, 2.24) is 9.21 Å². The predicted molar refractivity (Wildman–Crippen MR) is 100 cm³/mol. The molecule has 0 saturated heterocycles. The molecule has 5 nitrogen and oxygen atoms in total. The van der Waals surface area contributed by atoms with E-state index in [2.05, 4.69) is 0 Å². The number of hydrogen-bond donors (Lipinski definition) is 0. The molecule has 0 atom stereocenters. The van der Waals surface area contributed by atoms with Crippen LogP contribution in [0, 0.1) is 5.92 Å². The maximum absolute atomic E-state index is 12.9. The molecule has 0 aliphatic heterocycles. The molecule has 0 unspecified atom stereocenters. The van der Waals surface area contributed by atoms with E-state index in [1.165, 1.54) is 22.5 Å².